The van der Waals surface area contributed by atoms with Crippen LogP contribution in [-0.4, -0.2) is 27.8 Å². The van der Waals surface area contributed by atoms with E-state index >= 15 is 0 Å². The number of hydrogen-bond donors (Lipinski definition) is 1. The average molecular weight is 243 g/mol. The van der Waals surface area contributed by atoms with Gasteiger partial charge >= 0.3 is 0 Å². The molecule has 16 heavy (non-hydrogen) atoms. The molecule has 0 spiro atoms. The number of methoxy groups -OCH3 is 1. The van der Waals surface area contributed by atoms with Crippen molar-refractivity contribution in [3.8, 4) is 5.75 Å². The Labute approximate surface area is 96.7 Å². The first-order valence-electron chi connectivity index (χ1n) is 5.05. The molecule has 0 saturated carbocycles. The van der Waals surface area contributed by atoms with Crippen LogP contribution in [0.4, 0.5) is 0 Å². The van der Waals surface area contributed by atoms with E-state index in [1.54, 1.807) is 14.0 Å². The summed E-state index contributed by atoms with van der Waals surface area (Å²) in [7, 11) is -0.223. The zero-order valence-corrected chi connectivity index (χ0v) is 10.5. The first-order chi connectivity index (χ1) is 7.51. The smallest absolute Gasteiger partial charge is 0.214 e. The fourth-order valence-electron chi connectivity index (χ4n) is 1.49. The molecular weight excluding hydrogens is 226 g/mol. The van der Waals surface area contributed by atoms with Gasteiger partial charge in [0.05, 0.1) is 12.4 Å². The van der Waals surface area contributed by atoms with E-state index in [2.05, 4.69) is 4.72 Å². The summed E-state index contributed by atoms with van der Waals surface area (Å²) in [5.41, 5.74) is 0.899. The van der Waals surface area contributed by atoms with Gasteiger partial charge in [-0.15, -0.1) is 0 Å². The Morgan fingerprint density at radius 3 is 2.56 bits per heavy atom. The summed E-state index contributed by atoms with van der Waals surface area (Å²) >= 11 is 0. The van der Waals surface area contributed by atoms with Crippen LogP contribution >= 0.6 is 0 Å². The van der Waals surface area contributed by atoms with Crippen LogP contribution in [0.1, 0.15) is 12.5 Å². The molecule has 0 aliphatic heterocycles. The van der Waals surface area contributed by atoms with E-state index in [4.69, 9.17) is 4.74 Å². The van der Waals surface area contributed by atoms with Crippen molar-refractivity contribution in [2.24, 2.45) is 0 Å². The lowest BCUT2D eigenvalue weighted by molar-refractivity contribution is 0.409. The summed E-state index contributed by atoms with van der Waals surface area (Å²) < 4.78 is 30.6. The largest absolute Gasteiger partial charge is 0.496 e. The summed E-state index contributed by atoms with van der Waals surface area (Å²) in [6.45, 7) is 1.68. The molecule has 1 atom stereocenters. The highest BCUT2D eigenvalue weighted by Crippen LogP contribution is 2.20. The maximum Gasteiger partial charge on any atom is 0.214 e. The molecule has 90 valence electrons. The van der Waals surface area contributed by atoms with Crippen LogP contribution in [0.2, 0.25) is 0 Å². The number of nitrogens with one attached hydrogen (secondary N) is 1. The van der Waals surface area contributed by atoms with E-state index in [9.17, 15) is 8.42 Å². The Hall–Kier alpha value is -1.07. The number of rotatable bonds is 5. The molecule has 1 aromatic rings. The summed E-state index contributed by atoms with van der Waals surface area (Å²) in [6.07, 6.45) is 0.438. The Balaban J connectivity index is 2.89. The zero-order chi connectivity index (χ0) is 12.2. The standard InChI is InChI=1S/C11H17NO3S/c1-9(16(13,14)12-2)8-10-6-4-5-7-11(10)15-3/h4-7,9,12H,8H2,1-3H3. The lowest BCUT2D eigenvalue weighted by Gasteiger charge is -2.14. The van der Waals surface area contributed by atoms with Gasteiger partial charge in [0.1, 0.15) is 5.75 Å². The van der Waals surface area contributed by atoms with Gasteiger partial charge in [-0.25, -0.2) is 13.1 Å². The Morgan fingerprint density at radius 2 is 2.00 bits per heavy atom. The minimum Gasteiger partial charge on any atom is -0.496 e. The van der Waals surface area contributed by atoms with Gasteiger partial charge in [0.15, 0.2) is 0 Å². The van der Waals surface area contributed by atoms with Gasteiger partial charge in [0, 0.05) is 0 Å². The van der Waals surface area contributed by atoms with Gasteiger partial charge in [-0.3, -0.25) is 0 Å². The van der Waals surface area contributed by atoms with E-state index < -0.39 is 15.3 Å². The monoisotopic (exact) mass is 243 g/mol. The second-order valence-corrected chi connectivity index (χ2v) is 5.88. The number of sulfonamides is 1. The van der Waals surface area contributed by atoms with Crippen LogP contribution in [0.5, 0.6) is 5.75 Å². The van der Waals surface area contributed by atoms with Crippen LogP contribution < -0.4 is 9.46 Å². The molecule has 1 rings (SSSR count). The molecule has 5 heteroatoms. The third-order valence-electron chi connectivity index (χ3n) is 2.51. The molecule has 0 aromatic heterocycles. The normalized spacial score (nSPS) is 13.4. The first-order valence-corrected chi connectivity index (χ1v) is 6.60. The lowest BCUT2D eigenvalue weighted by Crippen LogP contribution is -2.31. The second-order valence-electron chi connectivity index (χ2n) is 3.58. The molecule has 4 nitrogen and oxygen atoms in total. The third kappa shape index (κ3) is 2.96. The fraction of sp³-hybridized carbons (Fsp3) is 0.455. The van der Waals surface area contributed by atoms with Crippen molar-refractivity contribution in [3.63, 3.8) is 0 Å². The summed E-state index contributed by atoms with van der Waals surface area (Å²) in [4.78, 5) is 0. The predicted molar refractivity (Wildman–Crippen MR) is 64.1 cm³/mol. The van der Waals surface area contributed by atoms with Crippen LogP contribution in [-0.2, 0) is 16.4 Å². The van der Waals surface area contributed by atoms with Crippen molar-refractivity contribution in [2.45, 2.75) is 18.6 Å². The van der Waals surface area contributed by atoms with Crippen molar-refractivity contribution < 1.29 is 13.2 Å². The maximum atomic E-state index is 11.6. The highest BCUT2D eigenvalue weighted by molar-refractivity contribution is 7.90. The molecule has 0 fully saturated rings. The molecule has 0 aliphatic rings. The Morgan fingerprint density at radius 1 is 1.38 bits per heavy atom. The molecule has 0 saturated heterocycles. The quantitative estimate of drug-likeness (QED) is 0.844. The first kappa shape index (κ1) is 13.0. The van der Waals surface area contributed by atoms with E-state index in [1.165, 1.54) is 7.05 Å². The summed E-state index contributed by atoms with van der Waals surface area (Å²) in [6, 6.07) is 7.44. The number of benzene rings is 1. The van der Waals surface area contributed by atoms with Gasteiger partial charge in [-0.2, -0.15) is 0 Å². The number of ether oxygens (including phenoxy) is 1. The van der Waals surface area contributed by atoms with Crippen molar-refractivity contribution >= 4 is 10.0 Å². The van der Waals surface area contributed by atoms with E-state index in [1.807, 2.05) is 24.3 Å². The summed E-state index contributed by atoms with van der Waals surface area (Å²) in [5.74, 6) is 0.723. The third-order valence-corrected chi connectivity index (χ3v) is 4.31. The second kappa shape index (κ2) is 5.32. The minimum absolute atomic E-state index is 0.438. The van der Waals surface area contributed by atoms with Crippen molar-refractivity contribution in [2.75, 3.05) is 14.2 Å². The molecular formula is C11H17NO3S. The molecule has 0 aliphatic carbocycles. The number of para-hydroxylation sites is 1. The molecule has 1 aromatic carbocycles. The van der Waals surface area contributed by atoms with Gasteiger partial charge < -0.3 is 4.74 Å². The van der Waals surface area contributed by atoms with Crippen molar-refractivity contribution in [1.82, 2.24) is 4.72 Å². The van der Waals surface area contributed by atoms with Crippen molar-refractivity contribution in [3.05, 3.63) is 29.8 Å². The summed E-state index contributed by atoms with van der Waals surface area (Å²) in [5, 5.41) is -0.478. The highest BCUT2D eigenvalue weighted by Gasteiger charge is 2.20. The van der Waals surface area contributed by atoms with Crippen molar-refractivity contribution in [1.29, 1.82) is 0 Å². The molecule has 1 unspecified atom stereocenters. The predicted octanol–water partition coefficient (Wildman–Crippen LogP) is 1.18. The molecule has 0 heterocycles. The topological polar surface area (TPSA) is 55.4 Å². The zero-order valence-electron chi connectivity index (χ0n) is 9.73. The average Bonchev–Trinajstić information content (AvgIpc) is 2.29. The Kier molecular flexibility index (Phi) is 4.32. The molecule has 1 N–H and O–H groups in total. The molecule has 0 bridgehead atoms. The maximum absolute atomic E-state index is 11.6. The van der Waals surface area contributed by atoms with Gasteiger partial charge in [0.25, 0.3) is 0 Å². The van der Waals surface area contributed by atoms with E-state index in [-0.39, 0.29) is 0 Å². The Bertz CT molecular complexity index is 442. The van der Waals surface area contributed by atoms with Crippen LogP contribution in [0.3, 0.4) is 0 Å². The van der Waals surface area contributed by atoms with E-state index in [0.717, 1.165) is 11.3 Å². The van der Waals surface area contributed by atoms with E-state index in [0.29, 0.717) is 6.42 Å². The molecule has 0 amide bonds. The molecule has 0 radical (unpaired) electrons. The minimum atomic E-state index is -3.23. The van der Waals surface area contributed by atoms with Crippen LogP contribution in [0.25, 0.3) is 0 Å². The van der Waals surface area contributed by atoms with Gasteiger partial charge in [-0.1, -0.05) is 18.2 Å². The van der Waals surface area contributed by atoms with Gasteiger partial charge in [-0.05, 0) is 32.0 Å². The fourth-order valence-corrected chi connectivity index (χ4v) is 2.29. The SMILES string of the molecule is CNS(=O)(=O)C(C)Cc1ccccc1OC. The lowest BCUT2D eigenvalue weighted by atomic mass is 10.1. The van der Waals surface area contributed by atoms with Crippen LogP contribution in [0.15, 0.2) is 24.3 Å². The number of hydrogen-bond acceptors (Lipinski definition) is 3. The van der Waals surface area contributed by atoms with Gasteiger partial charge in [0.2, 0.25) is 10.0 Å². The highest BCUT2D eigenvalue weighted by atomic mass is 32.2. The van der Waals surface area contributed by atoms with Crippen LogP contribution in [0, 0.1) is 0 Å².